The minimum atomic E-state index is -0.382. The number of benzene rings is 2. The number of aromatic nitrogens is 2. The van der Waals surface area contributed by atoms with Crippen LogP contribution in [0.3, 0.4) is 0 Å². The lowest BCUT2D eigenvalue weighted by atomic mass is 9.85. The van der Waals surface area contributed by atoms with Crippen molar-refractivity contribution >= 4 is 45.4 Å². The molecule has 2 aromatic carbocycles. The maximum Gasteiger partial charge on any atom is 0.201 e. The molecule has 0 aliphatic rings. The Balaban J connectivity index is 1.73. The van der Waals surface area contributed by atoms with Crippen LogP contribution in [0.2, 0.25) is 10.0 Å². The summed E-state index contributed by atoms with van der Waals surface area (Å²) in [6.07, 6.45) is 0.637. The van der Waals surface area contributed by atoms with E-state index in [1.165, 1.54) is 0 Å². The van der Waals surface area contributed by atoms with Gasteiger partial charge in [-0.05, 0) is 30.2 Å². The molecule has 0 N–H and O–H groups in total. The van der Waals surface area contributed by atoms with Gasteiger partial charge in [-0.25, -0.2) is 9.97 Å². The maximum atomic E-state index is 6.70. The molecule has 6 heteroatoms. The maximum absolute atomic E-state index is 6.70. The zero-order valence-electron chi connectivity index (χ0n) is 16.6. The summed E-state index contributed by atoms with van der Waals surface area (Å²) in [5.74, 6) is 1.30. The highest BCUT2D eigenvalue weighted by Gasteiger charge is 2.30. The number of halogens is 2. The van der Waals surface area contributed by atoms with Crippen LogP contribution in [0.15, 0.2) is 39.2 Å². The van der Waals surface area contributed by atoms with Crippen LogP contribution in [0.4, 0.5) is 0 Å². The summed E-state index contributed by atoms with van der Waals surface area (Å²) in [7, 11) is 0. The van der Waals surface area contributed by atoms with Crippen LogP contribution in [0.5, 0.6) is 0 Å². The number of rotatable bonds is 3. The third kappa shape index (κ3) is 3.29. The SMILES string of the molecule is CC(C)(C)c1nc2ccc(CC(C)(C)c3nc4c(Cl)cccc4o3)c(Cl)c2o1. The van der Waals surface area contributed by atoms with Crippen LogP contribution in [-0.4, -0.2) is 9.97 Å². The average Bonchev–Trinajstić information content (AvgIpc) is 3.22. The van der Waals surface area contributed by atoms with Crippen molar-refractivity contribution in [2.24, 2.45) is 0 Å². The van der Waals surface area contributed by atoms with E-state index >= 15 is 0 Å². The molecular weight excluding hydrogens is 395 g/mol. The number of para-hydroxylation sites is 1. The van der Waals surface area contributed by atoms with Gasteiger partial charge in [0, 0.05) is 10.8 Å². The van der Waals surface area contributed by atoms with Gasteiger partial charge in [-0.1, -0.05) is 70.0 Å². The Bertz CT molecular complexity index is 1180. The molecule has 0 amide bonds. The monoisotopic (exact) mass is 416 g/mol. The molecule has 0 radical (unpaired) electrons. The number of hydrogen-bond acceptors (Lipinski definition) is 4. The Hall–Kier alpha value is -2.04. The molecule has 28 heavy (non-hydrogen) atoms. The third-order valence-electron chi connectivity index (χ3n) is 4.80. The highest BCUT2D eigenvalue weighted by molar-refractivity contribution is 6.35. The fourth-order valence-corrected chi connectivity index (χ4v) is 3.69. The molecular formula is C22H22Cl2N2O2. The van der Waals surface area contributed by atoms with E-state index in [0.717, 1.165) is 11.1 Å². The van der Waals surface area contributed by atoms with E-state index in [9.17, 15) is 0 Å². The van der Waals surface area contributed by atoms with Gasteiger partial charge in [-0.3, -0.25) is 0 Å². The molecule has 0 aliphatic carbocycles. The third-order valence-corrected chi connectivity index (χ3v) is 5.52. The Morgan fingerprint density at radius 1 is 0.893 bits per heavy atom. The van der Waals surface area contributed by atoms with Crippen LogP contribution in [0.25, 0.3) is 22.2 Å². The Morgan fingerprint density at radius 3 is 2.32 bits per heavy atom. The molecule has 0 bridgehead atoms. The van der Waals surface area contributed by atoms with E-state index in [-0.39, 0.29) is 10.8 Å². The number of hydrogen-bond donors (Lipinski definition) is 0. The largest absolute Gasteiger partial charge is 0.440 e. The van der Waals surface area contributed by atoms with Gasteiger partial charge in [0.2, 0.25) is 11.8 Å². The Morgan fingerprint density at radius 2 is 1.64 bits per heavy atom. The second kappa shape index (κ2) is 6.50. The molecule has 4 rings (SSSR count). The molecule has 146 valence electrons. The van der Waals surface area contributed by atoms with E-state index in [0.29, 0.717) is 44.9 Å². The molecule has 2 aromatic heterocycles. The van der Waals surface area contributed by atoms with Crippen molar-refractivity contribution in [3.63, 3.8) is 0 Å². The fourth-order valence-electron chi connectivity index (χ4n) is 3.21. The van der Waals surface area contributed by atoms with E-state index in [4.69, 9.17) is 32.0 Å². The van der Waals surface area contributed by atoms with Crippen molar-refractivity contribution in [2.75, 3.05) is 0 Å². The highest BCUT2D eigenvalue weighted by Crippen LogP contribution is 2.37. The minimum Gasteiger partial charge on any atom is -0.440 e. The van der Waals surface area contributed by atoms with Crippen molar-refractivity contribution < 1.29 is 8.83 Å². The first-order valence-electron chi connectivity index (χ1n) is 9.20. The predicted octanol–water partition coefficient (Wildman–Crippen LogP) is 7.09. The van der Waals surface area contributed by atoms with E-state index in [1.807, 2.05) is 30.3 Å². The number of oxazole rings is 2. The number of fused-ring (bicyclic) bond motifs is 2. The highest BCUT2D eigenvalue weighted by atomic mass is 35.5. The van der Waals surface area contributed by atoms with Gasteiger partial charge in [0.1, 0.15) is 11.0 Å². The molecule has 0 aliphatic heterocycles. The average molecular weight is 417 g/mol. The Labute approximate surface area is 173 Å². The Kier molecular flexibility index (Phi) is 4.48. The molecule has 0 atom stereocenters. The van der Waals surface area contributed by atoms with Crippen molar-refractivity contribution in [3.8, 4) is 0 Å². The summed E-state index contributed by atoms with van der Waals surface area (Å²) in [6.45, 7) is 10.3. The first kappa shape index (κ1) is 19.3. The van der Waals surface area contributed by atoms with Gasteiger partial charge < -0.3 is 8.83 Å². The summed E-state index contributed by atoms with van der Waals surface area (Å²) in [4.78, 5) is 9.21. The number of nitrogens with zero attached hydrogens (tertiary/aromatic N) is 2. The lowest BCUT2D eigenvalue weighted by molar-refractivity contribution is 0.381. The standard InChI is InChI=1S/C22H22Cl2N2O2/c1-21(2,3)19-25-14-10-9-12(16(24)18(14)28-19)11-22(4,5)20-26-17-13(23)7-6-8-15(17)27-20/h6-10H,11H2,1-5H3. The van der Waals surface area contributed by atoms with Gasteiger partial charge >= 0.3 is 0 Å². The van der Waals surface area contributed by atoms with Crippen LogP contribution >= 0.6 is 23.2 Å². The first-order chi connectivity index (χ1) is 13.1. The smallest absolute Gasteiger partial charge is 0.201 e. The van der Waals surface area contributed by atoms with Crippen molar-refractivity contribution in [2.45, 2.75) is 51.9 Å². The van der Waals surface area contributed by atoms with Crippen molar-refractivity contribution in [1.29, 1.82) is 0 Å². The first-order valence-corrected chi connectivity index (χ1v) is 9.96. The van der Waals surface area contributed by atoms with Crippen molar-refractivity contribution in [3.05, 3.63) is 57.7 Å². The van der Waals surface area contributed by atoms with Gasteiger partial charge in [-0.2, -0.15) is 0 Å². The second-order valence-corrected chi connectivity index (χ2v) is 9.61. The molecule has 2 heterocycles. The molecule has 4 nitrogen and oxygen atoms in total. The predicted molar refractivity (Wildman–Crippen MR) is 113 cm³/mol. The molecule has 0 spiro atoms. The fraction of sp³-hybridized carbons (Fsp3) is 0.364. The molecule has 0 saturated carbocycles. The molecule has 0 fully saturated rings. The summed E-state index contributed by atoms with van der Waals surface area (Å²) in [6, 6.07) is 9.49. The van der Waals surface area contributed by atoms with E-state index in [2.05, 4.69) is 44.6 Å². The summed E-state index contributed by atoms with van der Waals surface area (Å²) < 4.78 is 12.0. The zero-order chi connectivity index (χ0) is 20.3. The van der Waals surface area contributed by atoms with Gasteiger partial charge in [-0.15, -0.1) is 0 Å². The second-order valence-electron chi connectivity index (χ2n) is 8.82. The minimum absolute atomic E-state index is 0.181. The summed E-state index contributed by atoms with van der Waals surface area (Å²) in [5, 5.41) is 1.17. The molecule has 4 aromatic rings. The van der Waals surface area contributed by atoms with Crippen LogP contribution in [-0.2, 0) is 17.3 Å². The van der Waals surface area contributed by atoms with Gasteiger partial charge in [0.25, 0.3) is 0 Å². The van der Waals surface area contributed by atoms with E-state index in [1.54, 1.807) is 0 Å². The summed E-state index contributed by atoms with van der Waals surface area (Å²) in [5.41, 5.74) is 3.15. The topological polar surface area (TPSA) is 52.1 Å². The normalized spacial score (nSPS) is 13.0. The molecule has 0 unspecified atom stereocenters. The van der Waals surface area contributed by atoms with Crippen molar-refractivity contribution in [1.82, 2.24) is 9.97 Å². The molecule has 0 saturated heterocycles. The zero-order valence-corrected chi connectivity index (χ0v) is 18.1. The van der Waals surface area contributed by atoms with E-state index < -0.39 is 0 Å². The van der Waals surface area contributed by atoms with Crippen LogP contribution in [0, 0.1) is 0 Å². The van der Waals surface area contributed by atoms with Gasteiger partial charge in [0.05, 0.1) is 10.0 Å². The van der Waals surface area contributed by atoms with Crippen LogP contribution in [0.1, 0.15) is 52.0 Å². The lowest BCUT2D eigenvalue weighted by Gasteiger charge is -2.21. The van der Waals surface area contributed by atoms with Gasteiger partial charge in [0.15, 0.2) is 11.2 Å². The quantitative estimate of drug-likeness (QED) is 0.357. The van der Waals surface area contributed by atoms with Crippen LogP contribution < -0.4 is 0 Å². The summed E-state index contributed by atoms with van der Waals surface area (Å²) >= 11 is 12.9. The lowest BCUT2D eigenvalue weighted by Crippen LogP contribution is -2.21.